The molecule has 0 heterocycles. The van der Waals surface area contributed by atoms with E-state index in [1.165, 1.54) is 12.8 Å². The van der Waals surface area contributed by atoms with Gasteiger partial charge in [-0.15, -0.1) is 0 Å². The van der Waals surface area contributed by atoms with Gasteiger partial charge in [-0.25, -0.2) is 0 Å². The van der Waals surface area contributed by atoms with Gasteiger partial charge in [0.05, 0.1) is 0 Å². The van der Waals surface area contributed by atoms with E-state index in [9.17, 15) is 4.79 Å². The molecule has 7 rings (SSSR count). The Hall–Kier alpha value is -0.330. The molecule has 0 amide bonds. The van der Waals surface area contributed by atoms with Gasteiger partial charge in [-0.2, -0.15) is 0 Å². The van der Waals surface area contributed by atoms with Gasteiger partial charge in [-0.3, -0.25) is 4.79 Å². The van der Waals surface area contributed by atoms with Crippen molar-refractivity contribution in [1.82, 2.24) is 0 Å². The molecule has 14 heavy (non-hydrogen) atoms. The van der Waals surface area contributed by atoms with Crippen molar-refractivity contribution < 1.29 is 4.79 Å². The molecule has 7 aliphatic rings. The van der Waals surface area contributed by atoms with Crippen LogP contribution >= 0.6 is 0 Å². The van der Waals surface area contributed by atoms with Gasteiger partial charge in [-0.05, 0) is 60.2 Å². The highest BCUT2D eigenvalue weighted by Crippen LogP contribution is 2.85. The van der Waals surface area contributed by atoms with Gasteiger partial charge in [0.25, 0.3) is 0 Å². The van der Waals surface area contributed by atoms with Gasteiger partial charge < -0.3 is 0 Å². The summed E-state index contributed by atoms with van der Waals surface area (Å²) in [6.45, 7) is 0. The lowest BCUT2D eigenvalue weighted by molar-refractivity contribution is -0.137. The lowest BCUT2D eigenvalue weighted by Gasteiger charge is -2.44. The highest BCUT2D eigenvalue weighted by Gasteiger charge is 2.84. The number of carbonyl (C=O) groups is 1. The van der Waals surface area contributed by atoms with Gasteiger partial charge in [0.15, 0.2) is 0 Å². The lowest BCUT2D eigenvalue weighted by atomic mass is 9.60. The Morgan fingerprint density at radius 2 is 1.07 bits per heavy atom. The first-order valence-corrected chi connectivity index (χ1v) is 6.41. The maximum Gasteiger partial charge on any atom is 0.140 e. The van der Waals surface area contributed by atoms with Crippen molar-refractivity contribution >= 4 is 5.78 Å². The Labute approximate surface area is 83.2 Å². The summed E-state index contributed by atoms with van der Waals surface area (Å²) in [6, 6.07) is 0. The van der Waals surface area contributed by atoms with E-state index in [1.807, 2.05) is 0 Å². The largest absolute Gasteiger partial charge is 0.299 e. The van der Waals surface area contributed by atoms with Gasteiger partial charge in [0.2, 0.25) is 0 Å². The number of hydrogen-bond acceptors (Lipinski definition) is 1. The number of carbonyl (C=O) groups excluding carboxylic acids is 1. The fourth-order valence-electron chi connectivity index (χ4n) is 7.67. The zero-order chi connectivity index (χ0) is 8.77. The van der Waals surface area contributed by atoms with E-state index in [2.05, 4.69) is 0 Å². The molecular weight excluding hydrogens is 172 g/mol. The first kappa shape index (κ1) is 6.30. The number of ketones is 1. The van der Waals surface area contributed by atoms with Crippen LogP contribution in [0.5, 0.6) is 0 Å². The molecule has 1 nitrogen and oxygen atoms in total. The first-order chi connectivity index (χ1) is 6.88. The van der Waals surface area contributed by atoms with Gasteiger partial charge in [-0.1, -0.05) is 0 Å². The van der Waals surface area contributed by atoms with Crippen LogP contribution in [0.3, 0.4) is 0 Å². The molecule has 6 bridgehead atoms. The standard InChI is InChI=1S/C13H14O/c14-13-7-3-1-4-8(13)6-2-5(7)11-9(3)10(4)12(6)11/h3-12H,1-2H2/t3-,4+,5+,6-,7?,8?,9?,10?,11?,12?. The van der Waals surface area contributed by atoms with Crippen LogP contribution in [-0.2, 0) is 4.79 Å². The van der Waals surface area contributed by atoms with Crippen molar-refractivity contribution in [3.8, 4) is 0 Å². The second-order valence-corrected chi connectivity index (χ2v) is 6.89. The normalized spacial score (nSPS) is 83.3. The van der Waals surface area contributed by atoms with E-state index in [0.29, 0.717) is 11.8 Å². The zero-order valence-corrected chi connectivity index (χ0v) is 8.10. The van der Waals surface area contributed by atoms with Gasteiger partial charge >= 0.3 is 0 Å². The Morgan fingerprint density at radius 1 is 0.714 bits per heavy atom. The molecule has 0 saturated heterocycles. The van der Waals surface area contributed by atoms with Gasteiger partial charge in [0.1, 0.15) is 5.78 Å². The summed E-state index contributed by atoms with van der Waals surface area (Å²) in [5.41, 5.74) is 0. The highest BCUT2D eigenvalue weighted by molar-refractivity contribution is 5.89. The van der Waals surface area contributed by atoms with Crippen molar-refractivity contribution in [2.45, 2.75) is 12.8 Å². The average molecular weight is 186 g/mol. The maximum atomic E-state index is 12.4. The predicted octanol–water partition coefficient (Wildman–Crippen LogP) is 1.58. The SMILES string of the molecule is O=C1C2[C@@H]3C[C@H]4C5C3C3C5[C@@H](C[C@@H]32)C14. The molecule has 0 N–H and O–H groups in total. The molecule has 0 spiro atoms. The quantitative estimate of drug-likeness (QED) is 0.561. The Kier molecular flexibility index (Phi) is 0.646. The minimum absolute atomic E-state index is 0.583. The molecule has 7 saturated carbocycles. The number of Topliss-reactive ketones (excluding diaryl/α,β-unsaturated/α-hetero) is 1. The van der Waals surface area contributed by atoms with E-state index in [0.717, 1.165) is 53.1 Å². The summed E-state index contributed by atoms with van der Waals surface area (Å²) in [6.07, 6.45) is 2.94. The number of hydrogen-bond donors (Lipinski definition) is 0. The molecule has 2 unspecified atom stereocenters. The van der Waals surface area contributed by atoms with E-state index >= 15 is 0 Å². The third-order valence-electron chi connectivity index (χ3n) is 7.35. The maximum absolute atomic E-state index is 12.4. The highest BCUT2D eigenvalue weighted by atomic mass is 16.1. The monoisotopic (exact) mass is 186 g/mol. The van der Waals surface area contributed by atoms with Crippen LogP contribution in [0.15, 0.2) is 0 Å². The molecule has 7 fully saturated rings. The summed E-state index contributed by atoms with van der Waals surface area (Å²) in [7, 11) is 0. The van der Waals surface area contributed by atoms with Crippen LogP contribution in [0, 0.1) is 59.2 Å². The molecule has 6 atom stereocenters. The lowest BCUT2D eigenvalue weighted by Crippen LogP contribution is -2.43. The van der Waals surface area contributed by atoms with Crippen molar-refractivity contribution in [2.24, 2.45) is 59.2 Å². The topological polar surface area (TPSA) is 17.1 Å². The molecule has 72 valence electrons. The smallest absolute Gasteiger partial charge is 0.140 e. The summed E-state index contributed by atoms with van der Waals surface area (Å²) in [4.78, 5) is 12.4. The molecular formula is C13H14O. The minimum Gasteiger partial charge on any atom is -0.299 e. The van der Waals surface area contributed by atoms with E-state index in [1.54, 1.807) is 0 Å². The van der Waals surface area contributed by atoms with Crippen molar-refractivity contribution in [3.63, 3.8) is 0 Å². The van der Waals surface area contributed by atoms with E-state index < -0.39 is 0 Å². The molecule has 0 radical (unpaired) electrons. The second-order valence-electron chi connectivity index (χ2n) is 6.89. The summed E-state index contributed by atoms with van der Waals surface area (Å²) in [5.74, 6) is 9.71. The molecule has 0 aliphatic heterocycles. The molecule has 1 heteroatoms. The Bertz CT molecular complexity index is 328. The fraction of sp³-hybridized carbons (Fsp3) is 0.923. The zero-order valence-electron chi connectivity index (χ0n) is 8.10. The van der Waals surface area contributed by atoms with Crippen LogP contribution in [-0.4, -0.2) is 5.78 Å². The van der Waals surface area contributed by atoms with Crippen molar-refractivity contribution in [3.05, 3.63) is 0 Å². The minimum atomic E-state index is 0.583. The van der Waals surface area contributed by atoms with Crippen LogP contribution in [0.2, 0.25) is 0 Å². The number of rotatable bonds is 0. The Balaban J connectivity index is 1.80. The molecule has 0 aromatic carbocycles. The summed E-state index contributed by atoms with van der Waals surface area (Å²) in [5, 5.41) is 0. The second kappa shape index (κ2) is 1.44. The molecule has 7 aliphatic carbocycles. The summed E-state index contributed by atoms with van der Waals surface area (Å²) < 4.78 is 0. The van der Waals surface area contributed by atoms with Crippen LogP contribution < -0.4 is 0 Å². The molecule has 0 aromatic rings. The first-order valence-electron chi connectivity index (χ1n) is 6.41. The van der Waals surface area contributed by atoms with Crippen LogP contribution in [0.25, 0.3) is 0 Å². The van der Waals surface area contributed by atoms with Crippen LogP contribution in [0.4, 0.5) is 0 Å². The van der Waals surface area contributed by atoms with Crippen molar-refractivity contribution in [1.29, 1.82) is 0 Å². The predicted molar refractivity (Wildman–Crippen MR) is 49.1 cm³/mol. The third-order valence-corrected chi connectivity index (χ3v) is 7.35. The van der Waals surface area contributed by atoms with Gasteiger partial charge in [0, 0.05) is 11.8 Å². The van der Waals surface area contributed by atoms with Crippen LogP contribution in [0.1, 0.15) is 12.8 Å². The van der Waals surface area contributed by atoms with E-state index in [-0.39, 0.29) is 0 Å². The van der Waals surface area contributed by atoms with Crippen molar-refractivity contribution in [2.75, 3.05) is 0 Å². The summed E-state index contributed by atoms with van der Waals surface area (Å²) >= 11 is 0. The van der Waals surface area contributed by atoms with E-state index in [4.69, 9.17) is 0 Å². The third kappa shape index (κ3) is 0.328. The Morgan fingerprint density at radius 3 is 1.43 bits per heavy atom. The average Bonchev–Trinajstić information content (AvgIpc) is 2.54. The molecule has 0 aromatic heterocycles. The fourth-order valence-corrected chi connectivity index (χ4v) is 7.67.